The van der Waals surface area contributed by atoms with Crippen molar-refractivity contribution in [1.29, 1.82) is 0 Å². The molecule has 0 spiro atoms. The maximum absolute atomic E-state index is 13.1. The van der Waals surface area contributed by atoms with Crippen molar-refractivity contribution in [1.82, 2.24) is 14.9 Å². The van der Waals surface area contributed by atoms with Crippen molar-refractivity contribution in [2.75, 3.05) is 5.32 Å². The number of carbonyl (C=O) groups is 2. The summed E-state index contributed by atoms with van der Waals surface area (Å²) in [5.41, 5.74) is 1.59. The third kappa shape index (κ3) is 3.93. The van der Waals surface area contributed by atoms with Gasteiger partial charge in [-0.15, -0.1) is 0 Å². The van der Waals surface area contributed by atoms with Gasteiger partial charge in [-0.3, -0.25) is 9.59 Å². The van der Waals surface area contributed by atoms with Gasteiger partial charge in [-0.1, -0.05) is 19.3 Å². The summed E-state index contributed by atoms with van der Waals surface area (Å²) in [5, 5.41) is 5.85. The third-order valence-electron chi connectivity index (χ3n) is 5.58. The number of fused-ring (bicyclic) bond motifs is 1. The highest BCUT2D eigenvalue weighted by molar-refractivity contribution is 6.05. The van der Waals surface area contributed by atoms with Crippen molar-refractivity contribution < 1.29 is 14.0 Å². The number of benzene rings is 1. The summed E-state index contributed by atoms with van der Waals surface area (Å²) in [6.45, 7) is 0.694. The normalized spacial score (nSPS) is 17.0. The summed E-state index contributed by atoms with van der Waals surface area (Å²) >= 11 is 0. The van der Waals surface area contributed by atoms with E-state index in [9.17, 15) is 14.0 Å². The number of aromatic nitrogens is 2. The Labute approximate surface area is 163 Å². The van der Waals surface area contributed by atoms with Crippen molar-refractivity contribution in [3.8, 4) is 0 Å². The number of anilines is 1. The van der Waals surface area contributed by atoms with Crippen LogP contribution >= 0.6 is 0 Å². The first-order valence-electron chi connectivity index (χ1n) is 10.1. The van der Waals surface area contributed by atoms with Crippen LogP contribution in [0.1, 0.15) is 71.7 Å². The lowest BCUT2D eigenvalue weighted by atomic mass is 9.95. The molecule has 28 heavy (non-hydrogen) atoms. The topological polar surface area (TPSA) is 76.0 Å². The molecule has 0 saturated heterocycles. The number of hydrogen-bond donors (Lipinski definition) is 2. The molecule has 0 atom stereocenters. The molecular weight excluding hydrogens is 359 g/mol. The van der Waals surface area contributed by atoms with Gasteiger partial charge in [-0.2, -0.15) is 0 Å². The van der Waals surface area contributed by atoms with E-state index >= 15 is 0 Å². The van der Waals surface area contributed by atoms with Gasteiger partial charge in [0.2, 0.25) is 0 Å². The lowest BCUT2D eigenvalue weighted by molar-refractivity contribution is 0.0911. The van der Waals surface area contributed by atoms with Crippen molar-refractivity contribution in [2.24, 2.45) is 0 Å². The zero-order valence-electron chi connectivity index (χ0n) is 15.8. The Morgan fingerprint density at radius 2 is 1.75 bits per heavy atom. The van der Waals surface area contributed by atoms with Gasteiger partial charge >= 0.3 is 0 Å². The maximum Gasteiger partial charge on any atom is 0.287 e. The standard InChI is InChI=1S/C21H25FN4O2/c22-14-9-11-16(12-10-14)23-20(27)18-17-8-4-5-13-26(17)19(25-18)21(28)24-15-6-2-1-3-7-15/h9-12,15H,1-8,13H2,(H,23,27)(H,24,28). The van der Waals surface area contributed by atoms with Crippen LogP contribution in [-0.2, 0) is 13.0 Å². The van der Waals surface area contributed by atoms with Gasteiger partial charge in [-0.25, -0.2) is 9.37 Å². The minimum atomic E-state index is -0.367. The molecule has 1 aliphatic heterocycles. The van der Waals surface area contributed by atoms with Gasteiger partial charge in [0.1, 0.15) is 5.82 Å². The highest BCUT2D eigenvalue weighted by Gasteiger charge is 2.28. The van der Waals surface area contributed by atoms with Crippen LogP contribution in [0, 0.1) is 5.82 Å². The van der Waals surface area contributed by atoms with E-state index in [1.54, 1.807) is 0 Å². The third-order valence-corrected chi connectivity index (χ3v) is 5.58. The molecular formula is C21H25FN4O2. The summed E-state index contributed by atoms with van der Waals surface area (Å²) in [6.07, 6.45) is 8.13. The Hall–Kier alpha value is -2.70. The first kappa shape index (κ1) is 18.7. The van der Waals surface area contributed by atoms with Crippen LogP contribution in [0.4, 0.5) is 10.1 Å². The molecule has 0 unspecified atom stereocenters. The van der Waals surface area contributed by atoms with Crippen molar-refractivity contribution in [2.45, 2.75) is 64.0 Å². The average Bonchev–Trinajstić information content (AvgIpc) is 3.10. The molecule has 1 aliphatic carbocycles. The molecule has 2 amide bonds. The summed E-state index contributed by atoms with van der Waals surface area (Å²) in [6, 6.07) is 5.79. The summed E-state index contributed by atoms with van der Waals surface area (Å²) in [7, 11) is 0. The van der Waals surface area contributed by atoms with E-state index in [1.165, 1.54) is 30.7 Å². The van der Waals surface area contributed by atoms with E-state index in [4.69, 9.17) is 0 Å². The molecule has 0 radical (unpaired) electrons. The Morgan fingerprint density at radius 3 is 2.50 bits per heavy atom. The molecule has 2 N–H and O–H groups in total. The number of carbonyl (C=O) groups excluding carboxylic acids is 2. The largest absolute Gasteiger partial charge is 0.347 e. The van der Waals surface area contributed by atoms with Gasteiger partial charge < -0.3 is 15.2 Å². The second kappa shape index (κ2) is 8.12. The zero-order chi connectivity index (χ0) is 19.5. The minimum absolute atomic E-state index is 0.189. The average molecular weight is 384 g/mol. The van der Waals surface area contributed by atoms with E-state index in [1.807, 2.05) is 4.57 Å². The Balaban J connectivity index is 1.56. The van der Waals surface area contributed by atoms with Crippen LogP contribution in [-0.4, -0.2) is 27.4 Å². The summed E-state index contributed by atoms with van der Waals surface area (Å²) < 4.78 is 15.0. The van der Waals surface area contributed by atoms with Crippen LogP contribution in [0.3, 0.4) is 0 Å². The molecule has 1 aromatic heterocycles. The van der Waals surface area contributed by atoms with E-state index in [-0.39, 0.29) is 29.4 Å². The molecule has 4 rings (SSSR count). The second-order valence-corrected chi connectivity index (χ2v) is 7.61. The van der Waals surface area contributed by atoms with E-state index < -0.39 is 0 Å². The lowest BCUT2D eigenvalue weighted by Crippen LogP contribution is -2.37. The number of amides is 2. The van der Waals surface area contributed by atoms with Crippen molar-refractivity contribution >= 4 is 17.5 Å². The molecule has 1 fully saturated rings. The number of nitrogens with zero attached hydrogens (tertiary/aromatic N) is 2. The minimum Gasteiger partial charge on any atom is -0.347 e. The Bertz CT molecular complexity index is 869. The van der Waals surface area contributed by atoms with E-state index in [0.29, 0.717) is 18.1 Å². The van der Waals surface area contributed by atoms with Crippen LogP contribution in [0.25, 0.3) is 0 Å². The quantitative estimate of drug-likeness (QED) is 0.844. The van der Waals surface area contributed by atoms with Crippen LogP contribution in [0.5, 0.6) is 0 Å². The highest BCUT2D eigenvalue weighted by Crippen LogP contribution is 2.23. The molecule has 2 aliphatic rings. The van der Waals surface area contributed by atoms with Gasteiger partial charge in [-0.05, 0) is 56.4 Å². The molecule has 148 valence electrons. The fourth-order valence-corrected chi connectivity index (χ4v) is 4.12. The number of hydrogen-bond acceptors (Lipinski definition) is 3. The van der Waals surface area contributed by atoms with Crippen LogP contribution in [0.15, 0.2) is 24.3 Å². The molecule has 1 saturated carbocycles. The summed E-state index contributed by atoms with van der Waals surface area (Å²) in [5.74, 6) is -0.603. The zero-order valence-corrected chi connectivity index (χ0v) is 15.8. The highest BCUT2D eigenvalue weighted by atomic mass is 19.1. The Kier molecular flexibility index (Phi) is 5.41. The first-order valence-corrected chi connectivity index (χ1v) is 10.1. The SMILES string of the molecule is O=C(Nc1ccc(F)cc1)c1nc(C(=O)NC2CCCCC2)n2c1CCCC2. The molecule has 6 nitrogen and oxygen atoms in total. The number of rotatable bonds is 4. The maximum atomic E-state index is 13.1. The van der Waals surface area contributed by atoms with Crippen molar-refractivity contribution in [3.05, 3.63) is 47.3 Å². The lowest BCUT2D eigenvalue weighted by Gasteiger charge is -2.23. The van der Waals surface area contributed by atoms with E-state index in [2.05, 4.69) is 15.6 Å². The van der Waals surface area contributed by atoms with Gasteiger partial charge in [0, 0.05) is 18.3 Å². The van der Waals surface area contributed by atoms with Crippen LogP contribution in [0.2, 0.25) is 0 Å². The summed E-state index contributed by atoms with van der Waals surface area (Å²) in [4.78, 5) is 30.1. The van der Waals surface area contributed by atoms with Gasteiger partial charge in [0.15, 0.2) is 11.5 Å². The first-order chi connectivity index (χ1) is 13.6. The monoisotopic (exact) mass is 384 g/mol. The molecule has 2 aromatic rings. The van der Waals surface area contributed by atoms with Crippen LogP contribution < -0.4 is 10.6 Å². The number of imidazole rings is 1. The predicted octanol–water partition coefficient (Wildman–Crippen LogP) is 3.67. The second-order valence-electron chi connectivity index (χ2n) is 7.61. The smallest absolute Gasteiger partial charge is 0.287 e. The Morgan fingerprint density at radius 1 is 1.00 bits per heavy atom. The fraction of sp³-hybridized carbons (Fsp3) is 0.476. The predicted molar refractivity (Wildman–Crippen MR) is 104 cm³/mol. The molecule has 7 heteroatoms. The number of nitrogens with one attached hydrogen (secondary N) is 2. The van der Waals surface area contributed by atoms with Crippen molar-refractivity contribution in [3.63, 3.8) is 0 Å². The van der Waals surface area contributed by atoms with E-state index in [0.717, 1.165) is 50.6 Å². The number of halogens is 1. The molecule has 1 aromatic carbocycles. The van der Waals surface area contributed by atoms with Gasteiger partial charge in [0.05, 0.1) is 5.69 Å². The molecule has 2 heterocycles. The fourth-order valence-electron chi connectivity index (χ4n) is 4.12. The molecule has 0 bridgehead atoms. The van der Waals surface area contributed by atoms with Gasteiger partial charge in [0.25, 0.3) is 11.8 Å².